The molecule has 0 radical (unpaired) electrons. The summed E-state index contributed by atoms with van der Waals surface area (Å²) in [4.78, 5) is 4.35. The molecule has 96 valence electrons. The zero-order valence-corrected chi connectivity index (χ0v) is 10.6. The van der Waals surface area contributed by atoms with E-state index in [0.29, 0.717) is 12.1 Å². The second-order valence-corrected chi connectivity index (χ2v) is 6.97. The zero-order valence-electron chi connectivity index (χ0n) is 9.78. The number of aromatic hydroxyl groups is 1. The fourth-order valence-corrected chi connectivity index (χ4v) is 4.19. The molecule has 6 heteroatoms. The minimum atomic E-state index is -2.94. The quantitative estimate of drug-likeness (QED) is 0.845. The topological polar surface area (TPSA) is 71.7 Å². The lowest BCUT2D eigenvalue weighted by Crippen LogP contribution is -2.23. The molecule has 1 fully saturated rings. The first-order valence-corrected chi connectivity index (χ1v) is 7.74. The Morgan fingerprint density at radius 1 is 1.44 bits per heavy atom. The van der Waals surface area contributed by atoms with Gasteiger partial charge in [-0.25, -0.2) is 13.4 Å². The van der Waals surface area contributed by atoms with Gasteiger partial charge in [-0.2, -0.15) is 0 Å². The van der Waals surface area contributed by atoms with E-state index in [1.807, 2.05) is 0 Å². The first-order valence-electron chi connectivity index (χ1n) is 5.92. The summed E-state index contributed by atoms with van der Waals surface area (Å²) in [6.45, 7) is 0. The number of pyridine rings is 1. The number of hydrogen-bond donors (Lipinski definition) is 1. The van der Waals surface area contributed by atoms with Crippen molar-refractivity contribution in [1.82, 2.24) is 9.38 Å². The number of nitrogens with zero attached hydrogens (tertiary/aromatic N) is 2. The van der Waals surface area contributed by atoms with Gasteiger partial charge in [0, 0.05) is 18.3 Å². The number of fused-ring (bicyclic) bond motifs is 1. The third-order valence-electron chi connectivity index (χ3n) is 3.36. The molecule has 1 atom stereocenters. The molecule has 2 aromatic heterocycles. The van der Waals surface area contributed by atoms with Crippen molar-refractivity contribution in [2.45, 2.75) is 18.8 Å². The average Bonchev–Trinajstić information content (AvgIpc) is 2.73. The van der Waals surface area contributed by atoms with E-state index in [2.05, 4.69) is 4.98 Å². The molecule has 0 aromatic carbocycles. The van der Waals surface area contributed by atoms with E-state index in [4.69, 9.17) is 0 Å². The Labute approximate surface area is 105 Å². The summed E-state index contributed by atoms with van der Waals surface area (Å²) in [5.41, 5.74) is 1.23. The summed E-state index contributed by atoms with van der Waals surface area (Å²) in [5, 5.41) is 9.68. The Bertz CT molecular complexity index is 690. The van der Waals surface area contributed by atoms with Gasteiger partial charge in [-0.15, -0.1) is 0 Å². The lowest BCUT2D eigenvalue weighted by molar-refractivity contribution is 0.477. The van der Waals surface area contributed by atoms with Crippen LogP contribution >= 0.6 is 0 Å². The molecule has 0 amide bonds. The first kappa shape index (κ1) is 11.5. The van der Waals surface area contributed by atoms with E-state index < -0.39 is 9.84 Å². The van der Waals surface area contributed by atoms with Crippen molar-refractivity contribution in [2.75, 3.05) is 11.5 Å². The van der Waals surface area contributed by atoms with E-state index in [9.17, 15) is 13.5 Å². The highest BCUT2D eigenvalue weighted by Crippen LogP contribution is 2.29. The van der Waals surface area contributed by atoms with Gasteiger partial charge >= 0.3 is 0 Å². The summed E-state index contributed by atoms with van der Waals surface area (Å²) in [6, 6.07) is 3.30. The first-order chi connectivity index (χ1) is 8.55. The standard InChI is InChI=1S/C12H14N2O3S/c15-11-4-1-5-14-7-10(13-12(11)14)9-3-2-6-18(16,17)8-9/h1,4-5,7,9,15H,2-3,6,8H2. The third kappa shape index (κ3) is 1.96. The van der Waals surface area contributed by atoms with Crippen molar-refractivity contribution >= 4 is 15.5 Å². The van der Waals surface area contributed by atoms with E-state index in [-0.39, 0.29) is 23.2 Å². The molecule has 1 N–H and O–H groups in total. The van der Waals surface area contributed by atoms with Gasteiger partial charge in [0.1, 0.15) is 0 Å². The molecule has 1 aliphatic heterocycles. The fraction of sp³-hybridized carbons (Fsp3) is 0.417. The largest absolute Gasteiger partial charge is 0.504 e. The Balaban J connectivity index is 2.02. The van der Waals surface area contributed by atoms with Crippen molar-refractivity contribution in [3.8, 4) is 5.75 Å². The fourth-order valence-electron chi connectivity index (χ4n) is 2.47. The molecule has 3 rings (SSSR count). The Morgan fingerprint density at radius 2 is 2.28 bits per heavy atom. The highest BCUT2D eigenvalue weighted by molar-refractivity contribution is 7.91. The second-order valence-electron chi connectivity index (χ2n) is 4.74. The molecule has 0 spiro atoms. The van der Waals surface area contributed by atoms with Crippen LogP contribution in [-0.4, -0.2) is 34.4 Å². The van der Waals surface area contributed by atoms with Crippen molar-refractivity contribution in [2.24, 2.45) is 0 Å². The Morgan fingerprint density at radius 3 is 3.00 bits per heavy atom. The molecule has 18 heavy (non-hydrogen) atoms. The normalized spacial score (nSPS) is 23.2. The van der Waals surface area contributed by atoms with Crippen LogP contribution in [0.5, 0.6) is 5.75 Å². The predicted octanol–water partition coefficient (Wildman–Crippen LogP) is 1.33. The van der Waals surface area contributed by atoms with Crippen LogP contribution in [0.4, 0.5) is 0 Å². The molecule has 2 aromatic rings. The van der Waals surface area contributed by atoms with Gasteiger partial charge in [0.25, 0.3) is 0 Å². The minimum absolute atomic E-state index is 0.0527. The van der Waals surface area contributed by atoms with Crippen LogP contribution in [0.3, 0.4) is 0 Å². The maximum Gasteiger partial charge on any atom is 0.179 e. The molecular formula is C12H14N2O3S. The molecule has 0 saturated carbocycles. The molecule has 1 aliphatic rings. The molecule has 3 heterocycles. The van der Waals surface area contributed by atoms with Gasteiger partial charge in [-0.3, -0.25) is 0 Å². The van der Waals surface area contributed by atoms with Gasteiger partial charge < -0.3 is 9.51 Å². The van der Waals surface area contributed by atoms with E-state index >= 15 is 0 Å². The molecule has 1 saturated heterocycles. The third-order valence-corrected chi connectivity index (χ3v) is 5.18. The highest BCUT2D eigenvalue weighted by Gasteiger charge is 2.27. The average molecular weight is 266 g/mol. The van der Waals surface area contributed by atoms with Gasteiger partial charge in [0.2, 0.25) is 0 Å². The predicted molar refractivity (Wildman–Crippen MR) is 67.5 cm³/mol. The molecule has 1 unspecified atom stereocenters. The van der Waals surface area contributed by atoms with Crippen LogP contribution < -0.4 is 0 Å². The lowest BCUT2D eigenvalue weighted by Gasteiger charge is -2.19. The summed E-state index contributed by atoms with van der Waals surface area (Å²) >= 11 is 0. The maximum atomic E-state index is 11.6. The minimum Gasteiger partial charge on any atom is -0.504 e. The lowest BCUT2D eigenvalue weighted by atomic mass is 10.0. The second kappa shape index (κ2) is 3.98. The van der Waals surface area contributed by atoms with Crippen LogP contribution in [0.15, 0.2) is 24.5 Å². The van der Waals surface area contributed by atoms with Crippen molar-refractivity contribution < 1.29 is 13.5 Å². The maximum absolute atomic E-state index is 11.6. The summed E-state index contributed by atoms with van der Waals surface area (Å²) in [5.74, 6) is 0.505. The van der Waals surface area contributed by atoms with Crippen LogP contribution in [0.1, 0.15) is 24.5 Å². The smallest absolute Gasteiger partial charge is 0.179 e. The van der Waals surface area contributed by atoms with Crippen LogP contribution in [0.2, 0.25) is 0 Å². The summed E-state index contributed by atoms with van der Waals surface area (Å²) in [7, 11) is -2.94. The molecular weight excluding hydrogens is 252 g/mol. The van der Waals surface area contributed by atoms with Gasteiger partial charge in [-0.1, -0.05) is 0 Å². The van der Waals surface area contributed by atoms with Gasteiger partial charge in [0.05, 0.1) is 17.2 Å². The van der Waals surface area contributed by atoms with E-state index in [1.54, 1.807) is 28.9 Å². The molecule has 0 aliphatic carbocycles. The summed E-state index contributed by atoms with van der Waals surface area (Å²) in [6.07, 6.45) is 5.13. The number of imidazole rings is 1. The highest BCUT2D eigenvalue weighted by atomic mass is 32.2. The van der Waals surface area contributed by atoms with Gasteiger partial charge in [-0.05, 0) is 25.0 Å². The zero-order chi connectivity index (χ0) is 12.8. The number of hydrogen-bond acceptors (Lipinski definition) is 4. The van der Waals surface area contributed by atoms with Crippen molar-refractivity contribution in [3.63, 3.8) is 0 Å². The summed E-state index contributed by atoms with van der Waals surface area (Å²) < 4.78 is 25.0. The monoisotopic (exact) mass is 266 g/mol. The Kier molecular flexibility index (Phi) is 2.55. The number of aromatic nitrogens is 2. The van der Waals surface area contributed by atoms with E-state index in [1.165, 1.54) is 0 Å². The van der Waals surface area contributed by atoms with Crippen LogP contribution in [0.25, 0.3) is 5.65 Å². The number of rotatable bonds is 1. The van der Waals surface area contributed by atoms with Crippen molar-refractivity contribution in [3.05, 3.63) is 30.2 Å². The van der Waals surface area contributed by atoms with E-state index in [0.717, 1.165) is 12.1 Å². The SMILES string of the molecule is O=S1(=O)CCCC(c2cn3cccc(O)c3n2)C1. The number of sulfone groups is 1. The van der Waals surface area contributed by atoms with Crippen molar-refractivity contribution in [1.29, 1.82) is 0 Å². The van der Waals surface area contributed by atoms with Gasteiger partial charge in [0.15, 0.2) is 21.2 Å². The molecule has 0 bridgehead atoms. The van der Waals surface area contributed by atoms with Crippen LogP contribution in [0, 0.1) is 0 Å². The van der Waals surface area contributed by atoms with Crippen LogP contribution in [-0.2, 0) is 9.84 Å². The Hall–Kier alpha value is -1.56. The molecule has 5 nitrogen and oxygen atoms in total.